The van der Waals surface area contributed by atoms with Crippen molar-refractivity contribution in [1.82, 2.24) is 9.97 Å². The summed E-state index contributed by atoms with van der Waals surface area (Å²) < 4.78 is 0. The molecule has 1 heterocycles. The summed E-state index contributed by atoms with van der Waals surface area (Å²) in [5.41, 5.74) is 3.28. The van der Waals surface area contributed by atoms with Crippen LogP contribution in [-0.2, 0) is 0 Å². The third kappa shape index (κ3) is 1.89. The van der Waals surface area contributed by atoms with Crippen LogP contribution in [0.15, 0.2) is 42.5 Å². The first-order chi connectivity index (χ1) is 8.76. The van der Waals surface area contributed by atoms with Crippen LogP contribution in [0.25, 0.3) is 22.4 Å². The van der Waals surface area contributed by atoms with Gasteiger partial charge in [0.1, 0.15) is 12.1 Å². The van der Waals surface area contributed by atoms with E-state index in [1.807, 2.05) is 30.3 Å². The fraction of sp³-hybridized carbons (Fsp3) is 0. The molecule has 0 bridgehead atoms. The number of carbonyl (C=O) groups is 1. The van der Waals surface area contributed by atoms with Crippen LogP contribution >= 0.6 is 11.6 Å². The maximum atomic E-state index is 10.7. The standard InChI is InChI=1S/C14H9ClN2O/c15-11-4-2-10(3-5-11)14-16-12-6-1-9(8-18)7-13(12)17-14/h1-8H,(H,16,17). The number of nitrogens with one attached hydrogen (secondary N) is 1. The zero-order valence-corrected chi connectivity index (χ0v) is 10.1. The summed E-state index contributed by atoms with van der Waals surface area (Å²) in [6, 6.07) is 12.8. The first-order valence-electron chi connectivity index (χ1n) is 5.47. The Hall–Kier alpha value is -2.13. The van der Waals surface area contributed by atoms with Crippen molar-refractivity contribution in [2.45, 2.75) is 0 Å². The van der Waals surface area contributed by atoms with Crippen molar-refractivity contribution in [2.75, 3.05) is 0 Å². The molecule has 1 aromatic heterocycles. The van der Waals surface area contributed by atoms with Crippen LogP contribution in [0.5, 0.6) is 0 Å². The molecule has 0 spiro atoms. The number of imidazole rings is 1. The number of fused-ring (bicyclic) bond motifs is 1. The van der Waals surface area contributed by atoms with Crippen LogP contribution in [-0.4, -0.2) is 16.3 Å². The quantitative estimate of drug-likeness (QED) is 0.711. The average molecular weight is 257 g/mol. The van der Waals surface area contributed by atoms with Gasteiger partial charge in [-0.2, -0.15) is 0 Å². The minimum atomic E-state index is 0.633. The lowest BCUT2D eigenvalue weighted by molar-refractivity contribution is 0.112. The molecule has 0 saturated heterocycles. The summed E-state index contributed by atoms with van der Waals surface area (Å²) in [6.45, 7) is 0. The molecule has 3 nitrogen and oxygen atoms in total. The van der Waals surface area contributed by atoms with E-state index in [4.69, 9.17) is 11.6 Å². The Morgan fingerprint density at radius 1 is 1.11 bits per heavy atom. The van der Waals surface area contributed by atoms with Crippen LogP contribution in [0.2, 0.25) is 5.02 Å². The topological polar surface area (TPSA) is 45.8 Å². The Bertz CT molecular complexity index is 716. The van der Waals surface area contributed by atoms with Gasteiger partial charge in [-0.3, -0.25) is 4.79 Å². The summed E-state index contributed by atoms with van der Waals surface area (Å²) in [7, 11) is 0. The van der Waals surface area contributed by atoms with Gasteiger partial charge in [0.15, 0.2) is 0 Å². The second-order valence-corrected chi connectivity index (χ2v) is 4.42. The van der Waals surface area contributed by atoms with Gasteiger partial charge >= 0.3 is 0 Å². The molecule has 0 radical (unpaired) electrons. The van der Waals surface area contributed by atoms with Crippen molar-refractivity contribution in [3.63, 3.8) is 0 Å². The van der Waals surface area contributed by atoms with Crippen molar-refractivity contribution in [1.29, 1.82) is 0 Å². The second-order valence-electron chi connectivity index (χ2n) is 3.99. The molecular weight excluding hydrogens is 248 g/mol. The van der Waals surface area contributed by atoms with Gasteiger partial charge in [-0.05, 0) is 42.5 Å². The lowest BCUT2D eigenvalue weighted by Crippen LogP contribution is -1.79. The van der Waals surface area contributed by atoms with Crippen molar-refractivity contribution in [3.8, 4) is 11.4 Å². The summed E-state index contributed by atoms with van der Waals surface area (Å²) >= 11 is 5.85. The second kappa shape index (κ2) is 4.27. The van der Waals surface area contributed by atoms with Crippen LogP contribution in [0, 0.1) is 0 Å². The molecule has 0 aliphatic carbocycles. The average Bonchev–Trinajstić information content (AvgIpc) is 2.82. The molecule has 3 rings (SSSR count). The summed E-state index contributed by atoms with van der Waals surface area (Å²) in [6.07, 6.45) is 0.822. The predicted octanol–water partition coefficient (Wildman–Crippen LogP) is 3.70. The Kier molecular flexibility index (Phi) is 2.61. The Morgan fingerprint density at radius 2 is 1.89 bits per heavy atom. The number of aldehydes is 1. The SMILES string of the molecule is O=Cc1ccc2nc(-c3ccc(Cl)cc3)[nH]c2c1. The number of halogens is 1. The summed E-state index contributed by atoms with van der Waals surface area (Å²) in [4.78, 5) is 18.4. The van der Waals surface area contributed by atoms with E-state index < -0.39 is 0 Å². The van der Waals surface area contributed by atoms with E-state index in [1.54, 1.807) is 12.1 Å². The number of benzene rings is 2. The number of hydrogen-bond acceptors (Lipinski definition) is 2. The highest BCUT2D eigenvalue weighted by Gasteiger charge is 2.05. The molecule has 88 valence electrons. The van der Waals surface area contributed by atoms with Gasteiger partial charge in [-0.1, -0.05) is 11.6 Å². The summed E-state index contributed by atoms with van der Waals surface area (Å²) in [5, 5.41) is 0.693. The Morgan fingerprint density at radius 3 is 2.61 bits per heavy atom. The third-order valence-electron chi connectivity index (χ3n) is 2.76. The molecule has 3 aromatic rings. The molecule has 1 N–H and O–H groups in total. The normalized spacial score (nSPS) is 10.7. The molecule has 0 atom stereocenters. The number of nitrogens with zero attached hydrogens (tertiary/aromatic N) is 1. The number of hydrogen-bond donors (Lipinski definition) is 1. The smallest absolute Gasteiger partial charge is 0.150 e. The first kappa shape index (κ1) is 11.0. The van der Waals surface area contributed by atoms with Gasteiger partial charge < -0.3 is 4.98 Å². The van der Waals surface area contributed by atoms with Crippen molar-refractivity contribution in [2.24, 2.45) is 0 Å². The van der Waals surface area contributed by atoms with Gasteiger partial charge in [0.05, 0.1) is 11.0 Å². The van der Waals surface area contributed by atoms with E-state index in [9.17, 15) is 4.79 Å². The number of aromatic amines is 1. The van der Waals surface area contributed by atoms with Crippen LogP contribution < -0.4 is 0 Å². The monoisotopic (exact) mass is 256 g/mol. The van der Waals surface area contributed by atoms with Gasteiger partial charge in [-0.25, -0.2) is 4.98 Å². The Labute approximate surface area is 108 Å². The molecule has 0 aliphatic heterocycles. The molecule has 18 heavy (non-hydrogen) atoms. The molecule has 4 heteroatoms. The zero-order chi connectivity index (χ0) is 12.5. The molecule has 2 aromatic carbocycles. The van der Waals surface area contributed by atoms with Gasteiger partial charge in [-0.15, -0.1) is 0 Å². The van der Waals surface area contributed by atoms with E-state index in [0.717, 1.165) is 28.7 Å². The van der Waals surface area contributed by atoms with E-state index >= 15 is 0 Å². The lowest BCUT2D eigenvalue weighted by Gasteiger charge is -1.95. The fourth-order valence-electron chi connectivity index (χ4n) is 1.85. The van der Waals surface area contributed by atoms with E-state index in [-0.39, 0.29) is 0 Å². The molecule has 0 unspecified atom stereocenters. The van der Waals surface area contributed by atoms with Crippen LogP contribution in [0.4, 0.5) is 0 Å². The van der Waals surface area contributed by atoms with Crippen molar-refractivity contribution in [3.05, 3.63) is 53.1 Å². The van der Waals surface area contributed by atoms with Gasteiger partial charge in [0.2, 0.25) is 0 Å². The molecule has 0 fully saturated rings. The van der Waals surface area contributed by atoms with E-state index in [2.05, 4.69) is 9.97 Å². The van der Waals surface area contributed by atoms with Gasteiger partial charge in [0.25, 0.3) is 0 Å². The first-order valence-corrected chi connectivity index (χ1v) is 5.85. The largest absolute Gasteiger partial charge is 0.338 e. The number of aromatic nitrogens is 2. The number of rotatable bonds is 2. The van der Waals surface area contributed by atoms with Crippen molar-refractivity contribution < 1.29 is 4.79 Å². The molecule has 0 amide bonds. The van der Waals surface area contributed by atoms with Gasteiger partial charge in [0, 0.05) is 16.1 Å². The highest BCUT2D eigenvalue weighted by Crippen LogP contribution is 2.22. The predicted molar refractivity (Wildman–Crippen MR) is 71.9 cm³/mol. The van der Waals surface area contributed by atoms with Crippen LogP contribution in [0.1, 0.15) is 10.4 Å². The van der Waals surface area contributed by atoms with E-state index in [1.165, 1.54) is 0 Å². The highest BCUT2D eigenvalue weighted by molar-refractivity contribution is 6.30. The third-order valence-corrected chi connectivity index (χ3v) is 3.01. The molecular formula is C14H9ClN2O. The Balaban J connectivity index is 2.12. The maximum Gasteiger partial charge on any atom is 0.150 e. The van der Waals surface area contributed by atoms with Crippen LogP contribution in [0.3, 0.4) is 0 Å². The number of H-pyrrole nitrogens is 1. The minimum absolute atomic E-state index is 0.633. The molecule has 0 saturated carbocycles. The minimum Gasteiger partial charge on any atom is -0.338 e. The number of carbonyl (C=O) groups excluding carboxylic acids is 1. The zero-order valence-electron chi connectivity index (χ0n) is 9.35. The van der Waals surface area contributed by atoms with Crippen molar-refractivity contribution >= 4 is 28.9 Å². The van der Waals surface area contributed by atoms with E-state index in [0.29, 0.717) is 10.6 Å². The maximum absolute atomic E-state index is 10.7. The highest BCUT2D eigenvalue weighted by atomic mass is 35.5. The lowest BCUT2D eigenvalue weighted by atomic mass is 10.2. The summed E-state index contributed by atoms with van der Waals surface area (Å²) in [5.74, 6) is 0.768. The fourth-order valence-corrected chi connectivity index (χ4v) is 1.97. The molecule has 0 aliphatic rings.